The summed E-state index contributed by atoms with van der Waals surface area (Å²) in [6, 6.07) is 9.15. The van der Waals surface area contributed by atoms with Gasteiger partial charge in [0.25, 0.3) is 11.8 Å². The molecule has 0 N–H and O–H groups in total. The molecule has 25 heavy (non-hydrogen) atoms. The number of halogens is 2. The van der Waals surface area contributed by atoms with E-state index in [1.165, 1.54) is 18.2 Å². The van der Waals surface area contributed by atoms with Crippen molar-refractivity contribution in [3.63, 3.8) is 0 Å². The van der Waals surface area contributed by atoms with Crippen LogP contribution in [0.15, 0.2) is 42.6 Å². The van der Waals surface area contributed by atoms with Crippen molar-refractivity contribution in [2.24, 2.45) is 0 Å². The third-order valence-electron chi connectivity index (χ3n) is 4.12. The van der Waals surface area contributed by atoms with Gasteiger partial charge >= 0.3 is 0 Å². The Hall–Kier alpha value is -2.47. The highest BCUT2D eigenvalue weighted by atomic mass is 35.5. The zero-order valence-corrected chi connectivity index (χ0v) is 14.2. The van der Waals surface area contributed by atoms with Gasteiger partial charge in [0.05, 0.1) is 5.02 Å². The average molecular weight is 362 g/mol. The molecule has 1 saturated heterocycles. The molecule has 0 aliphatic carbocycles. The van der Waals surface area contributed by atoms with Gasteiger partial charge in [-0.05, 0) is 36.8 Å². The number of amides is 2. The molecule has 130 valence electrons. The second-order valence-electron chi connectivity index (χ2n) is 5.78. The SMILES string of the molecule is O=C(c1ccc(F)c(Cl)c1)N1CCCN(C(=O)c2ccccn2)CC1. The standard InChI is InChI=1S/C18H17ClFN3O2/c19-14-12-13(5-6-15(14)20)17(24)22-8-3-9-23(11-10-22)18(25)16-4-1-2-7-21-16/h1-2,4-7,12H,3,8-11H2. The number of carbonyl (C=O) groups excluding carboxylic acids is 2. The van der Waals surface area contributed by atoms with E-state index in [9.17, 15) is 14.0 Å². The van der Waals surface area contributed by atoms with Crippen LogP contribution in [0.4, 0.5) is 4.39 Å². The molecule has 1 fully saturated rings. The molecule has 1 aromatic heterocycles. The van der Waals surface area contributed by atoms with E-state index < -0.39 is 5.82 Å². The average Bonchev–Trinajstić information content (AvgIpc) is 2.89. The minimum Gasteiger partial charge on any atom is -0.337 e. The van der Waals surface area contributed by atoms with Crippen molar-refractivity contribution in [1.82, 2.24) is 14.8 Å². The van der Waals surface area contributed by atoms with Gasteiger partial charge in [0, 0.05) is 37.9 Å². The second kappa shape index (κ2) is 7.61. The lowest BCUT2D eigenvalue weighted by atomic mass is 10.2. The minimum atomic E-state index is -0.554. The summed E-state index contributed by atoms with van der Waals surface area (Å²) in [5.74, 6) is -0.907. The first-order valence-corrected chi connectivity index (χ1v) is 8.38. The van der Waals surface area contributed by atoms with Crippen molar-refractivity contribution in [2.75, 3.05) is 26.2 Å². The Morgan fingerprint density at radius 3 is 2.36 bits per heavy atom. The fraction of sp³-hybridized carbons (Fsp3) is 0.278. The molecular weight excluding hydrogens is 345 g/mol. The first-order chi connectivity index (χ1) is 12.1. The van der Waals surface area contributed by atoms with Crippen molar-refractivity contribution in [1.29, 1.82) is 0 Å². The van der Waals surface area contributed by atoms with Crippen molar-refractivity contribution < 1.29 is 14.0 Å². The number of hydrogen-bond donors (Lipinski definition) is 0. The van der Waals surface area contributed by atoms with Crippen LogP contribution in [0.2, 0.25) is 5.02 Å². The normalized spacial score (nSPS) is 15.0. The van der Waals surface area contributed by atoms with Crippen LogP contribution in [-0.4, -0.2) is 52.8 Å². The predicted octanol–water partition coefficient (Wildman–Crippen LogP) is 2.86. The highest BCUT2D eigenvalue weighted by Crippen LogP contribution is 2.18. The number of nitrogens with zero attached hydrogens (tertiary/aromatic N) is 3. The number of aromatic nitrogens is 1. The van der Waals surface area contributed by atoms with Gasteiger partial charge < -0.3 is 9.80 Å². The first kappa shape index (κ1) is 17.4. The first-order valence-electron chi connectivity index (χ1n) is 8.01. The third kappa shape index (κ3) is 3.96. The smallest absolute Gasteiger partial charge is 0.272 e. The number of pyridine rings is 1. The van der Waals surface area contributed by atoms with E-state index in [2.05, 4.69) is 4.98 Å². The summed E-state index contributed by atoms with van der Waals surface area (Å²) in [6.45, 7) is 1.92. The Bertz CT molecular complexity index is 785. The molecule has 0 atom stereocenters. The molecule has 2 aromatic rings. The van der Waals surface area contributed by atoms with Gasteiger partial charge in [0.2, 0.25) is 0 Å². The van der Waals surface area contributed by atoms with E-state index in [1.807, 2.05) is 0 Å². The molecule has 2 amide bonds. The lowest BCUT2D eigenvalue weighted by Gasteiger charge is -2.22. The van der Waals surface area contributed by atoms with Gasteiger partial charge in [-0.15, -0.1) is 0 Å². The van der Waals surface area contributed by atoms with E-state index in [0.717, 1.165) is 0 Å². The summed E-state index contributed by atoms with van der Waals surface area (Å²) in [6.07, 6.45) is 2.25. The Labute approximate surface area is 150 Å². The Kier molecular flexibility index (Phi) is 5.28. The topological polar surface area (TPSA) is 53.5 Å². The number of benzene rings is 1. The van der Waals surface area contributed by atoms with Crippen LogP contribution in [0, 0.1) is 5.82 Å². The molecule has 2 heterocycles. The number of rotatable bonds is 2. The van der Waals surface area contributed by atoms with Crippen LogP contribution in [-0.2, 0) is 0 Å². The summed E-state index contributed by atoms with van der Waals surface area (Å²) < 4.78 is 13.3. The van der Waals surface area contributed by atoms with Gasteiger partial charge in [-0.2, -0.15) is 0 Å². The summed E-state index contributed by atoms with van der Waals surface area (Å²) in [5, 5.41) is -0.0763. The second-order valence-corrected chi connectivity index (χ2v) is 6.19. The summed E-state index contributed by atoms with van der Waals surface area (Å²) in [5.41, 5.74) is 0.739. The molecule has 7 heteroatoms. The maximum absolute atomic E-state index is 13.3. The van der Waals surface area contributed by atoms with Crippen LogP contribution in [0.5, 0.6) is 0 Å². The van der Waals surface area contributed by atoms with Crippen molar-refractivity contribution in [3.05, 3.63) is 64.7 Å². The highest BCUT2D eigenvalue weighted by molar-refractivity contribution is 6.31. The Morgan fingerprint density at radius 2 is 1.72 bits per heavy atom. The fourth-order valence-electron chi connectivity index (χ4n) is 2.79. The zero-order chi connectivity index (χ0) is 17.8. The monoisotopic (exact) mass is 361 g/mol. The Morgan fingerprint density at radius 1 is 1.00 bits per heavy atom. The van der Waals surface area contributed by atoms with Gasteiger partial charge in [-0.1, -0.05) is 17.7 Å². The lowest BCUT2D eigenvalue weighted by molar-refractivity contribution is 0.0715. The third-order valence-corrected chi connectivity index (χ3v) is 4.41. The van der Waals surface area contributed by atoms with Gasteiger partial charge in [0.15, 0.2) is 0 Å². The van der Waals surface area contributed by atoms with Gasteiger partial charge in [-0.25, -0.2) is 4.39 Å². The molecule has 5 nitrogen and oxygen atoms in total. The molecule has 3 rings (SSSR count). The van der Waals surface area contributed by atoms with E-state index in [1.54, 1.807) is 34.2 Å². The van der Waals surface area contributed by atoms with Crippen LogP contribution in [0.25, 0.3) is 0 Å². The highest BCUT2D eigenvalue weighted by Gasteiger charge is 2.24. The maximum atomic E-state index is 13.3. The van der Waals surface area contributed by atoms with Crippen molar-refractivity contribution in [2.45, 2.75) is 6.42 Å². The zero-order valence-electron chi connectivity index (χ0n) is 13.5. The molecule has 1 aliphatic rings. The van der Waals surface area contributed by atoms with Gasteiger partial charge in [0.1, 0.15) is 11.5 Å². The van der Waals surface area contributed by atoms with Crippen LogP contribution >= 0.6 is 11.6 Å². The minimum absolute atomic E-state index is 0.0763. The number of carbonyl (C=O) groups is 2. The molecule has 0 radical (unpaired) electrons. The fourth-order valence-corrected chi connectivity index (χ4v) is 2.97. The molecule has 1 aromatic carbocycles. The lowest BCUT2D eigenvalue weighted by Crippen LogP contribution is -2.37. The van der Waals surface area contributed by atoms with Crippen LogP contribution in [0.3, 0.4) is 0 Å². The quantitative estimate of drug-likeness (QED) is 0.826. The number of hydrogen-bond acceptors (Lipinski definition) is 3. The molecule has 0 bridgehead atoms. The van der Waals surface area contributed by atoms with E-state index in [4.69, 9.17) is 11.6 Å². The molecule has 0 unspecified atom stereocenters. The summed E-state index contributed by atoms with van der Waals surface area (Å²) in [4.78, 5) is 32.5. The molecule has 0 saturated carbocycles. The van der Waals surface area contributed by atoms with Crippen molar-refractivity contribution >= 4 is 23.4 Å². The predicted molar refractivity (Wildman–Crippen MR) is 92.1 cm³/mol. The summed E-state index contributed by atoms with van der Waals surface area (Å²) >= 11 is 5.76. The van der Waals surface area contributed by atoms with Crippen molar-refractivity contribution in [3.8, 4) is 0 Å². The maximum Gasteiger partial charge on any atom is 0.272 e. The summed E-state index contributed by atoms with van der Waals surface area (Å²) in [7, 11) is 0. The largest absolute Gasteiger partial charge is 0.337 e. The van der Waals surface area contributed by atoms with E-state index in [0.29, 0.717) is 43.9 Å². The van der Waals surface area contributed by atoms with Gasteiger partial charge in [-0.3, -0.25) is 14.6 Å². The molecule has 0 spiro atoms. The Balaban J connectivity index is 1.68. The van der Waals surface area contributed by atoms with E-state index in [-0.39, 0.29) is 16.8 Å². The van der Waals surface area contributed by atoms with E-state index >= 15 is 0 Å². The molecular formula is C18H17ClFN3O2. The van der Waals surface area contributed by atoms with Crippen LogP contribution < -0.4 is 0 Å². The van der Waals surface area contributed by atoms with Crippen LogP contribution in [0.1, 0.15) is 27.3 Å². The molecule has 1 aliphatic heterocycles.